The molecule has 2 aliphatic rings. The van der Waals surface area contributed by atoms with Crippen molar-refractivity contribution >= 4 is 48.1 Å². The van der Waals surface area contributed by atoms with Gasteiger partial charge in [0.1, 0.15) is 46.0 Å². The zero-order chi connectivity index (χ0) is 83.9. The van der Waals surface area contributed by atoms with Crippen molar-refractivity contribution in [2.45, 2.75) is 57.0 Å². The number of carbonyl (C=O) groups is 2. The minimum absolute atomic E-state index is 0. The predicted molar refractivity (Wildman–Crippen MR) is 418 cm³/mol. The molecule has 2 aliphatic heterocycles. The first-order chi connectivity index (χ1) is 54.8. The van der Waals surface area contributed by atoms with Crippen LogP contribution in [-0.4, -0.2) is 147 Å². The van der Waals surface area contributed by atoms with Crippen LogP contribution in [0.3, 0.4) is 0 Å². The average molecular weight is 1660 g/mol. The summed E-state index contributed by atoms with van der Waals surface area (Å²) >= 11 is 5.51. The van der Waals surface area contributed by atoms with Gasteiger partial charge in [0.05, 0.1) is 42.9 Å². The van der Waals surface area contributed by atoms with Gasteiger partial charge in [-0.1, -0.05) is 17.7 Å². The second-order valence-electron chi connectivity index (χ2n) is 25.1. The summed E-state index contributed by atoms with van der Waals surface area (Å²) in [5, 5.41) is 35.1. The number of oxazole rings is 3. The number of hydrogen-bond donors (Lipinski definition) is 2. The molecule has 117 heavy (non-hydrogen) atoms. The number of aliphatic hydroxyl groups excluding tert-OH is 1. The molecule has 0 atom stereocenters. The number of piperidine rings is 2. The van der Waals surface area contributed by atoms with Crippen LogP contribution in [0, 0.1) is 48.6 Å². The van der Waals surface area contributed by atoms with E-state index in [0.29, 0.717) is 76.2 Å². The molecule has 11 heterocycles. The van der Waals surface area contributed by atoms with Crippen molar-refractivity contribution in [1.82, 2.24) is 79.0 Å². The largest absolute Gasteiger partial charge is 1.00 e. The first kappa shape index (κ1) is 95.5. The van der Waals surface area contributed by atoms with E-state index in [-0.39, 0.29) is 101 Å². The van der Waals surface area contributed by atoms with Crippen molar-refractivity contribution in [2.24, 2.45) is 54.1 Å². The molecule has 2 N–H and O–H groups in total. The molecule has 9 aromatic heterocycles. The van der Waals surface area contributed by atoms with Crippen molar-refractivity contribution in [1.29, 1.82) is 0 Å². The number of aliphatic hydroxyl groups is 1. The average Bonchev–Trinajstić information content (AvgIpc) is 1.72. The van der Waals surface area contributed by atoms with Crippen LogP contribution in [-0.2, 0) is 76.3 Å². The Labute approximate surface area is 696 Å². The van der Waals surface area contributed by atoms with Gasteiger partial charge in [-0.3, -0.25) is 38.4 Å². The number of aromatic nitrogens is 15. The van der Waals surface area contributed by atoms with Gasteiger partial charge in [0.25, 0.3) is 54.6 Å². The minimum atomic E-state index is -3.38. The molecule has 2 fully saturated rings. The van der Waals surface area contributed by atoms with Crippen LogP contribution in [0.5, 0.6) is 0 Å². The van der Waals surface area contributed by atoms with Crippen LogP contribution in [0.1, 0.15) is 70.5 Å². The zero-order valence-corrected chi connectivity index (χ0v) is 68.4. The molecular formula is C76H80BClF4N18NaO15S. The van der Waals surface area contributed by atoms with E-state index in [4.69, 9.17) is 36.5 Å². The van der Waals surface area contributed by atoms with E-state index in [1.165, 1.54) is 144 Å². The quantitative estimate of drug-likeness (QED) is 0.0541. The van der Waals surface area contributed by atoms with E-state index >= 15 is 0 Å². The van der Waals surface area contributed by atoms with E-state index in [2.05, 4.69) is 60.4 Å². The van der Waals surface area contributed by atoms with Crippen molar-refractivity contribution in [2.75, 3.05) is 44.1 Å². The predicted octanol–water partition coefficient (Wildman–Crippen LogP) is 4.02. The van der Waals surface area contributed by atoms with E-state index in [1.54, 1.807) is 70.9 Å². The maximum Gasteiger partial charge on any atom is 1.00 e. The van der Waals surface area contributed by atoms with Gasteiger partial charge >= 0.3 is 41.4 Å². The molecule has 0 aliphatic carbocycles. The van der Waals surface area contributed by atoms with Crippen LogP contribution in [0.25, 0.3) is 39.2 Å². The van der Waals surface area contributed by atoms with E-state index < -0.39 is 45.0 Å². The normalized spacial score (nSPS) is 12.1. The third kappa shape index (κ3) is 30.9. The molecule has 33 nitrogen and oxygen atoms in total. The molecule has 2 saturated heterocycles. The summed E-state index contributed by atoms with van der Waals surface area (Å²) in [6.45, 7) is 11.8. The first-order valence-electron chi connectivity index (χ1n) is 34.7. The molecule has 0 spiro atoms. The second-order valence-corrected chi connectivity index (χ2v) is 27.4. The van der Waals surface area contributed by atoms with Gasteiger partial charge < -0.3 is 34.7 Å². The summed E-state index contributed by atoms with van der Waals surface area (Å²) in [4.78, 5) is 104. The van der Waals surface area contributed by atoms with Crippen molar-refractivity contribution in [3.8, 4) is 34.4 Å². The smallest absolute Gasteiger partial charge is 1.00 e. The fourth-order valence-electron chi connectivity index (χ4n) is 10.5. The molecule has 0 amide bonds. The van der Waals surface area contributed by atoms with Crippen LogP contribution < -0.4 is 73.1 Å². The Hall–Kier alpha value is -12.1. The number of nitrogens with one attached hydrogen (secondary N) is 1. The maximum atomic E-state index is 13.4. The Morgan fingerprint density at radius 1 is 0.598 bits per heavy atom. The van der Waals surface area contributed by atoms with Crippen LogP contribution >= 0.6 is 11.6 Å². The van der Waals surface area contributed by atoms with Crippen LogP contribution in [0.4, 0.5) is 23.6 Å². The Morgan fingerprint density at radius 2 is 1.03 bits per heavy atom. The van der Waals surface area contributed by atoms with Gasteiger partial charge in [0, 0.05) is 112 Å². The number of aldehydes is 1. The topological polar surface area (TPSA) is 405 Å². The van der Waals surface area contributed by atoms with Gasteiger partial charge in [-0.2, -0.15) is 30.6 Å². The van der Waals surface area contributed by atoms with E-state index in [1.807, 2.05) is 11.8 Å². The summed E-state index contributed by atoms with van der Waals surface area (Å²) in [5.41, 5.74) is 3.85. The van der Waals surface area contributed by atoms with Gasteiger partial charge in [-0.05, 0) is 166 Å². The third-order valence-electron chi connectivity index (χ3n) is 16.5. The Balaban J connectivity index is 0.000000290. The number of carbonyl (C=O) groups excluding carboxylic acids is 2. The van der Waals surface area contributed by atoms with Gasteiger partial charge in [0.15, 0.2) is 35.7 Å². The number of aryl methyl sites for hydroxylation is 7. The standard InChI is InChI=1S/C20H20F2N4O2.C12H15F2N.C9H9NO2S.C8H6ClN3O2.C8H7N3O2.C7H8N2O3.C6H8N2O2.C6H6N2O2.B.Na.H/c1-25-19(27)3-2-17(24-25)18-12-23-20(28-18)26-6-4-13(5-7-26)8-14-9-15(21)11-16(22)10-14;13-11-6-10(7-12(14)8-11)5-9-1-3-15-4-2-9;1-8-3-5-9(6-4-8)13(11,12)7-10-2;1-12-7(13)3-2-5(11-12)6-4-10-8(9)14-6;1-11-8(12)3-2-6(10-11)7-4-9-5-13-7;1-9-6(10)4-3-5(8-9)7(11)12-2;2*1-8-6(10)3-2-5(4-9)7-8;;;/h2-3,9-13H,4-8H2,1H3;6-9,15H,1-5H2;3-6H,7H2,1H3;2-4H,1H3;2-5H,1H3;3-4H,1-2H3;2-3,9H,4H2,1H3;2-4H,1H3;;;/q;;;;;;;;;+1;-1. The number of anilines is 1. The fraction of sp³-hybridized carbons (Fsp3) is 0.289. The summed E-state index contributed by atoms with van der Waals surface area (Å²) in [7, 11) is 7.11. The van der Waals surface area contributed by atoms with Crippen LogP contribution in [0.2, 0.25) is 5.35 Å². The number of nitrogens with zero attached hydrogens (tertiary/aromatic N) is 17. The second kappa shape index (κ2) is 47.1. The van der Waals surface area contributed by atoms with Gasteiger partial charge in [-0.15, -0.1) is 0 Å². The molecule has 14 rings (SSSR count). The molecule has 41 heteroatoms. The Morgan fingerprint density at radius 3 is 1.45 bits per heavy atom. The molecule has 0 unspecified atom stereocenters. The summed E-state index contributed by atoms with van der Waals surface area (Å²) < 4.78 is 103. The minimum Gasteiger partial charge on any atom is -1.00 e. The Bertz CT molecular complexity index is 5760. The van der Waals surface area contributed by atoms with E-state index in [0.717, 1.165) is 90.9 Å². The van der Waals surface area contributed by atoms with Crippen LogP contribution in [0.15, 0.2) is 205 Å². The molecule has 0 bridgehead atoms. The number of sulfone groups is 1. The fourth-order valence-corrected chi connectivity index (χ4v) is 11.5. The number of halogens is 5. The van der Waals surface area contributed by atoms with Gasteiger partial charge in [-0.25, -0.2) is 80.4 Å². The summed E-state index contributed by atoms with van der Waals surface area (Å²) in [5.74, 6) is -0.633. The molecule has 3 aromatic carbocycles. The third-order valence-corrected chi connectivity index (χ3v) is 18.2. The van der Waals surface area contributed by atoms with E-state index in [9.17, 15) is 64.3 Å². The molecule has 3 radical (unpaired) electrons. The molecular weight excluding hydrogens is 1580 g/mol. The van der Waals surface area contributed by atoms with Crippen molar-refractivity contribution in [3.05, 3.63) is 294 Å². The number of benzene rings is 3. The maximum absolute atomic E-state index is 13.4. The molecule has 0 saturated carbocycles. The number of esters is 1. The van der Waals surface area contributed by atoms with Crippen molar-refractivity contribution < 1.29 is 89.6 Å². The summed E-state index contributed by atoms with van der Waals surface area (Å²) in [6, 6.07) is 31.7. The first-order valence-corrected chi connectivity index (χ1v) is 36.7. The van der Waals surface area contributed by atoms with Gasteiger partial charge in [0.2, 0.25) is 0 Å². The molecule has 609 valence electrons. The SMILES string of the molecule is COC(=O)c1ccc(=O)n(C)n1.Cn1nc(-c2cnc(Cl)o2)ccc1=O.Cn1nc(-c2cnc(N3CCC(Cc4cc(F)cc(F)c4)CC3)o2)ccc1=O.Cn1nc(-c2cnco2)ccc1=O.Cn1nc(C=O)ccc1=O.Cn1nc(CO)ccc1=O.Fc1cc(F)cc(CC2CCNCC2)c1.[B].[C-]#[N+]CS(=O)(=O)c1ccc(C)cc1.[H-].[Na+]. The number of ether oxygens (including phenoxy) is 1. The number of hydrogen-bond acceptors (Lipinski definition) is 26. The number of rotatable bonds is 13. The summed E-state index contributed by atoms with van der Waals surface area (Å²) in [6.07, 6.45) is 11.9. The Kier molecular flexibility index (Phi) is 38.5. The monoisotopic (exact) mass is 1660 g/mol. The zero-order valence-electron chi connectivity index (χ0n) is 65.9. The number of methoxy groups -OCH3 is 1. The van der Waals surface area contributed by atoms with Crippen molar-refractivity contribution in [3.63, 3.8) is 0 Å². The molecule has 12 aromatic rings.